The highest BCUT2D eigenvalue weighted by Gasteiger charge is 2.14. The molecule has 0 bridgehead atoms. The minimum absolute atomic E-state index is 0.0695. The molecule has 0 fully saturated rings. The molecule has 7 nitrogen and oxygen atoms in total. The van der Waals surface area contributed by atoms with Gasteiger partial charge in [0.2, 0.25) is 0 Å². The monoisotopic (exact) mass is 421 g/mol. The van der Waals surface area contributed by atoms with Crippen molar-refractivity contribution in [2.24, 2.45) is 0 Å². The predicted molar refractivity (Wildman–Crippen MR) is 118 cm³/mol. The molecular weight excluding hydrogens is 398 g/mol. The lowest BCUT2D eigenvalue weighted by Gasteiger charge is -2.12. The lowest BCUT2D eigenvalue weighted by atomic mass is 10.0. The van der Waals surface area contributed by atoms with Crippen LogP contribution in [0.3, 0.4) is 0 Å². The number of hydrogen-bond acceptors (Lipinski definition) is 7. The molecule has 0 spiro atoms. The van der Waals surface area contributed by atoms with Crippen molar-refractivity contribution in [1.82, 2.24) is 24.9 Å². The van der Waals surface area contributed by atoms with Gasteiger partial charge in [-0.25, -0.2) is 9.50 Å². The average Bonchev–Trinajstić information content (AvgIpc) is 3.45. The first-order chi connectivity index (χ1) is 14.7. The molecule has 4 aromatic heterocycles. The summed E-state index contributed by atoms with van der Waals surface area (Å²) in [6, 6.07) is 9.70. The molecule has 0 aliphatic rings. The molecule has 8 heteroatoms. The van der Waals surface area contributed by atoms with Crippen LogP contribution in [-0.4, -0.2) is 49.7 Å². The van der Waals surface area contributed by atoms with Gasteiger partial charge in [-0.05, 0) is 43.0 Å². The van der Waals surface area contributed by atoms with Crippen molar-refractivity contribution in [2.45, 2.75) is 25.8 Å². The minimum Gasteiger partial charge on any atom is -0.395 e. The Kier molecular flexibility index (Phi) is 6.27. The lowest BCUT2D eigenvalue weighted by Crippen LogP contribution is -2.29. The van der Waals surface area contributed by atoms with E-state index in [0.29, 0.717) is 36.3 Å². The number of rotatable bonds is 9. The summed E-state index contributed by atoms with van der Waals surface area (Å²) in [4.78, 5) is 23.0. The number of ketones is 1. The summed E-state index contributed by atoms with van der Waals surface area (Å²) in [5.41, 5.74) is 3.69. The van der Waals surface area contributed by atoms with Gasteiger partial charge in [-0.15, -0.1) is 11.3 Å². The standard InChI is InChI=1S/C22H23N5O2S/c1-15(23-9-11-28)4-5-20(29)16-6-8-24-19(13-16)17-14-25-27-10-7-18(26-22(17)27)21-3-2-12-30-21/h2-3,6-8,10,12-15,23,28H,4-5,9,11H2,1H3/t15-/m0/s1. The number of fused-ring (bicyclic) bond motifs is 1. The van der Waals surface area contributed by atoms with Crippen LogP contribution in [-0.2, 0) is 0 Å². The van der Waals surface area contributed by atoms with Crippen LogP contribution in [0, 0.1) is 0 Å². The zero-order valence-electron chi connectivity index (χ0n) is 16.7. The Morgan fingerprint density at radius 2 is 2.20 bits per heavy atom. The number of carbonyl (C=O) groups excluding carboxylic acids is 1. The molecule has 4 heterocycles. The molecule has 0 saturated heterocycles. The van der Waals surface area contributed by atoms with Crippen LogP contribution in [0.4, 0.5) is 0 Å². The Morgan fingerprint density at radius 3 is 3.00 bits per heavy atom. The van der Waals surface area contributed by atoms with Crippen LogP contribution in [0.1, 0.15) is 30.1 Å². The van der Waals surface area contributed by atoms with Crippen LogP contribution in [0.15, 0.2) is 54.3 Å². The number of aliphatic hydroxyl groups is 1. The third-order valence-corrected chi connectivity index (χ3v) is 5.80. The maximum atomic E-state index is 12.7. The summed E-state index contributed by atoms with van der Waals surface area (Å²) in [6.07, 6.45) is 6.41. The van der Waals surface area contributed by atoms with E-state index in [2.05, 4.69) is 15.4 Å². The van der Waals surface area contributed by atoms with Gasteiger partial charge in [-0.2, -0.15) is 5.10 Å². The average molecular weight is 422 g/mol. The summed E-state index contributed by atoms with van der Waals surface area (Å²) in [5, 5.41) is 18.5. The van der Waals surface area contributed by atoms with Crippen molar-refractivity contribution in [3.63, 3.8) is 0 Å². The summed E-state index contributed by atoms with van der Waals surface area (Å²) >= 11 is 1.64. The van der Waals surface area contributed by atoms with E-state index in [1.807, 2.05) is 42.8 Å². The maximum absolute atomic E-state index is 12.7. The molecule has 0 aliphatic carbocycles. The van der Waals surface area contributed by atoms with E-state index in [4.69, 9.17) is 10.1 Å². The van der Waals surface area contributed by atoms with Crippen molar-refractivity contribution >= 4 is 22.8 Å². The smallest absolute Gasteiger partial charge is 0.165 e. The van der Waals surface area contributed by atoms with Gasteiger partial charge < -0.3 is 10.4 Å². The van der Waals surface area contributed by atoms with E-state index in [0.717, 1.165) is 16.1 Å². The first-order valence-electron chi connectivity index (χ1n) is 9.88. The number of nitrogens with one attached hydrogen (secondary N) is 1. The van der Waals surface area contributed by atoms with Gasteiger partial charge in [0.25, 0.3) is 0 Å². The van der Waals surface area contributed by atoms with Gasteiger partial charge in [0.15, 0.2) is 11.4 Å². The third-order valence-electron chi connectivity index (χ3n) is 4.91. The maximum Gasteiger partial charge on any atom is 0.165 e. The predicted octanol–water partition coefficient (Wildman–Crippen LogP) is 3.45. The molecule has 0 amide bonds. The van der Waals surface area contributed by atoms with Gasteiger partial charge in [0.1, 0.15) is 0 Å². The number of thiophene rings is 1. The van der Waals surface area contributed by atoms with Crippen LogP contribution in [0.2, 0.25) is 0 Å². The molecule has 2 N–H and O–H groups in total. The van der Waals surface area contributed by atoms with Gasteiger partial charge in [-0.1, -0.05) is 6.07 Å². The summed E-state index contributed by atoms with van der Waals surface area (Å²) in [7, 11) is 0. The Labute approximate surface area is 178 Å². The fourth-order valence-corrected chi connectivity index (χ4v) is 3.96. The number of Topliss-reactive ketones (excluding diaryl/α,β-unsaturated/α-hetero) is 1. The second-order valence-electron chi connectivity index (χ2n) is 7.09. The summed E-state index contributed by atoms with van der Waals surface area (Å²) in [6.45, 7) is 2.63. The van der Waals surface area contributed by atoms with Crippen LogP contribution in [0.5, 0.6) is 0 Å². The van der Waals surface area contributed by atoms with Crippen LogP contribution >= 0.6 is 11.3 Å². The second kappa shape index (κ2) is 9.25. The first kappa shape index (κ1) is 20.3. The lowest BCUT2D eigenvalue weighted by molar-refractivity contribution is 0.0976. The number of pyridine rings is 1. The fraction of sp³-hybridized carbons (Fsp3) is 0.273. The number of aliphatic hydroxyl groups excluding tert-OH is 1. The number of nitrogens with zero attached hydrogens (tertiary/aromatic N) is 4. The first-order valence-corrected chi connectivity index (χ1v) is 10.8. The van der Waals surface area contributed by atoms with Gasteiger partial charge in [0.05, 0.1) is 34.6 Å². The second-order valence-corrected chi connectivity index (χ2v) is 8.03. The van der Waals surface area contributed by atoms with E-state index in [9.17, 15) is 4.79 Å². The molecule has 0 aliphatic heterocycles. The molecule has 0 unspecified atom stereocenters. The van der Waals surface area contributed by atoms with E-state index in [1.54, 1.807) is 34.3 Å². The van der Waals surface area contributed by atoms with Gasteiger partial charge >= 0.3 is 0 Å². The van der Waals surface area contributed by atoms with E-state index in [1.165, 1.54) is 0 Å². The number of hydrogen-bond donors (Lipinski definition) is 2. The van der Waals surface area contributed by atoms with Crippen LogP contribution in [0.25, 0.3) is 27.5 Å². The zero-order chi connectivity index (χ0) is 20.9. The van der Waals surface area contributed by atoms with Crippen molar-refractivity contribution in [3.05, 3.63) is 59.9 Å². The number of carbonyl (C=O) groups is 1. The van der Waals surface area contributed by atoms with Crippen molar-refractivity contribution in [2.75, 3.05) is 13.2 Å². The fourth-order valence-electron chi connectivity index (χ4n) is 3.27. The molecule has 30 heavy (non-hydrogen) atoms. The largest absolute Gasteiger partial charge is 0.395 e. The summed E-state index contributed by atoms with van der Waals surface area (Å²) < 4.78 is 1.72. The van der Waals surface area contributed by atoms with Crippen molar-refractivity contribution in [3.8, 4) is 21.8 Å². The van der Waals surface area contributed by atoms with Crippen LogP contribution < -0.4 is 5.32 Å². The zero-order valence-corrected chi connectivity index (χ0v) is 17.5. The van der Waals surface area contributed by atoms with Gasteiger partial charge in [-0.3, -0.25) is 9.78 Å². The summed E-state index contributed by atoms with van der Waals surface area (Å²) in [5.74, 6) is 0.0695. The molecule has 4 rings (SSSR count). The Balaban J connectivity index is 1.57. The van der Waals surface area contributed by atoms with Gasteiger partial charge in [0, 0.05) is 37.0 Å². The van der Waals surface area contributed by atoms with Crippen molar-refractivity contribution in [1.29, 1.82) is 0 Å². The minimum atomic E-state index is 0.0695. The highest BCUT2D eigenvalue weighted by molar-refractivity contribution is 7.13. The SMILES string of the molecule is C[C@@H](CCC(=O)c1ccnc(-c2cnn3ccc(-c4cccs4)nc23)c1)NCCO. The molecule has 154 valence electrons. The quantitative estimate of drug-likeness (QED) is 0.402. The van der Waals surface area contributed by atoms with E-state index < -0.39 is 0 Å². The molecular formula is C22H23N5O2S. The normalized spacial score (nSPS) is 12.3. The van der Waals surface area contributed by atoms with Crippen molar-refractivity contribution < 1.29 is 9.90 Å². The molecule has 0 saturated carbocycles. The highest BCUT2D eigenvalue weighted by atomic mass is 32.1. The third kappa shape index (κ3) is 4.46. The Hall–Kier alpha value is -2.94. The molecule has 1 atom stereocenters. The van der Waals surface area contributed by atoms with E-state index in [-0.39, 0.29) is 18.4 Å². The van der Waals surface area contributed by atoms with E-state index >= 15 is 0 Å². The molecule has 0 radical (unpaired) electrons. The molecule has 0 aromatic carbocycles. The topological polar surface area (TPSA) is 92.4 Å². The Morgan fingerprint density at radius 1 is 1.30 bits per heavy atom. The molecule has 4 aromatic rings. The number of aromatic nitrogens is 4. The highest BCUT2D eigenvalue weighted by Crippen LogP contribution is 2.27. The Bertz CT molecular complexity index is 1140.